The summed E-state index contributed by atoms with van der Waals surface area (Å²) >= 11 is 1.01. The number of nitrogens with zero attached hydrogens (tertiary/aromatic N) is 2. The zero-order valence-electron chi connectivity index (χ0n) is 14.3. The van der Waals surface area contributed by atoms with E-state index in [1.54, 1.807) is 6.92 Å². The van der Waals surface area contributed by atoms with E-state index in [9.17, 15) is 18.4 Å². The molecule has 2 heterocycles. The summed E-state index contributed by atoms with van der Waals surface area (Å²) < 4.78 is 27.5. The van der Waals surface area contributed by atoms with Crippen molar-refractivity contribution < 1.29 is 13.6 Å². The Hall–Kier alpha value is -2.65. The molecular weight excluding hydrogens is 362 g/mol. The Balaban J connectivity index is 2.02. The van der Waals surface area contributed by atoms with E-state index in [0.717, 1.165) is 23.5 Å². The Labute approximate surface area is 151 Å². The Morgan fingerprint density at radius 3 is 2.58 bits per heavy atom. The fraction of sp³-hybridized carbons (Fsp3) is 0.235. The number of hydrogen-bond acceptors (Lipinski definition) is 5. The molecule has 0 atom stereocenters. The molecular formula is C17H16F2N4O2S. The fourth-order valence-electron chi connectivity index (χ4n) is 2.57. The average molecular weight is 378 g/mol. The van der Waals surface area contributed by atoms with Crippen LogP contribution in [0.2, 0.25) is 0 Å². The van der Waals surface area contributed by atoms with Gasteiger partial charge in [-0.15, -0.1) is 11.3 Å². The summed E-state index contributed by atoms with van der Waals surface area (Å²) in [5.74, 6) is -1.97. The summed E-state index contributed by atoms with van der Waals surface area (Å²) in [6, 6.07) is 3.31. The number of anilines is 1. The number of para-hydroxylation sites is 1. The number of carbonyl (C=O) groups excluding carboxylic acids is 1. The van der Waals surface area contributed by atoms with E-state index < -0.39 is 23.2 Å². The Bertz CT molecular complexity index is 1040. The van der Waals surface area contributed by atoms with Gasteiger partial charge in [0.2, 0.25) is 0 Å². The molecule has 6 nitrogen and oxygen atoms in total. The van der Waals surface area contributed by atoms with Crippen LogP contribution in [0.25, 0.3) is 10.2 Å². The highest BCUT2D eigenvalue weighted by atomic mass is 32.1. The number of carbonyl (C=O) groups is 1. The van der Waals surface area contributed by atoms with Crippen molar-refractivity contribution >= 4 is 33.1 Å². The number of benzene rings is 1. The van der Waals surface area contributed by atoms with Crippen molar-refractivity contribution in [3.63, 3.8) is 0 Å². The molecule has 0 saturated heterocycles. The van der Waals surface area contributed by atoms with Gasteiger partial charge in [-0.25, -0.2) is 13.8 Å². The Morgan fingerprint density at radius 1 is 1.31 bits per heavy atom. The third kappa shape index (κ3) is 3.35. The molecule has 3 rings (SSSR count). The Kier molecular flexibility index (Phi) is 4.84. The number of thiophene rings is 1. The maximum Gasteiger partial charge on any atom is 0.266 e. The molecule has 0 bridgehead atoms. The van der Waals surface area contributed by atoms with Crippen molar-refractivity contribution in [3.8, 4) is 0 Å². The van der Waals surface area contributed by atoms with Crippen LogP contribution < -0.4 is 10.9 Å². The molecule has 2 aromatic heterocycles. The smallest absolute Gasteiger partial charge is 0.266 e. The van der Waals surface area contributed by atoms with Crippen molar-refractivity contribution in [1.29, 1.82) is 0 Å². The number of hydrogen-bond donors (Lipinski definition) is 2. The fourth-order valence-corrected chi connectivity index (χ4v) is 3.66. The normalized spacial score (nSPS) is 11.3. The van der Waals surface area contributed by atoms with Crippen LogP contribution in [0.3, 0.4) is 0 Å². The largest absolute Gasteiger partial charge is 0.316 e. The second-order valence-electron chi connectivity index (χ2n) is 6.04. The van der Waals surface area contributed by atoms with Crippen LogP contribution in [0.15, 0.2) is 23.0 Å². The number of aromatic amines is 1. The number of halogens is 2. The van der Waals surface area contributed by atoms with Gasteiger partial charge in [-0.05, 0) is 38.7 Å². The number of aromatic nitrogens is 2. The molecule has 1 amide bonds. The summed E-state index contributed by atoms with van der Waals surface area (Å²) in [5.41, 5.74) is -0.453. The molecule has 3 aromatic rings. The minimum atomic E-state index is -0.874. The van der Waals surface area contributed by atoms with E-state index in [-0.39, 0.29) is 10.4 Å². The van der Waals surface area contributed by atoms with Crippen LogP contribution in [0, 0.1) is 18.6 Å². The number of fused-ring (bicyclic) bond motifs is 1. The van der Waals surface area contributed by atoms with Crippen LogP contribution in [-0.2, 0) is 6.54 Å². The summed E-state index contributed by atoms with van der Waals surface area (Å²) in [4.78, 5) is 34.3. The molecule has 2 N–H and O–H groups in total. The van der Waals surface area contributed by atoms with E-state index in [1.807, 2.05) is 19.0 Å². The number of H-pyrrole nitrogens is 1. The van der Waals surface area contributed by atoms with Crippen LogP contribution >= 0.6 is 11.3 Å². The van der Waals surface area contributed by atoms with Crippen molar-refractivity contribution in [2.45, 2.75) is 13.5 Å². The van der Waals surface area contributed by atoms with Gasteiger partial charge in [0.15, 0.2) is 0 Å². The number of nitrogens with one attached hydrogen (secondary N) is 2. The molecule has 0 aliphatic carbocycles. The number of amides is 1. The first kappa shape index (κ1) is 18.2. The van der Waals surface area contributed by atoms with Gasteiger partial charge in [0, 0.05) is 0 Å². The van der Waals surface area contributed by atoms with Crippen molar-refractivity contribution in [3.05, 3.63) is 56.5 Å². The average Bonchev–Trinajstić information content (AvgIpc) is 2.87. The SMILES string of the molecule is Cc1c(C(=O)Nc2c(F)cccc2F)sc2nc(CN(C)C)[nH]c(=O)c12. The van der Waals surface area contributed by atoms with Gasteiger partial charge in [0.1, 0.15) is 28.0 Å². The second-order valence-corrected chi connectivity index (χ2v) is 7.04. The second kappa shape index (κ2) is 6.93. The zero-order valence-corrected chi connectivity index (χ0v) is 15.1. The quantitative estimate of drug-likeness (QED) is 0.732. The minimum Gasteiger partial charge on any atom is -0.316 e. The van der Waals surface area contributed by atoms with Gasteiger partial charge in [-0.3, -0.25) is 9.59 Å². The van der Waals surface area contributed by atoms with Gasteiger partial charge < -0.3 is 15.2 Å². The van der Waals surface area contributed by atoms with Crippen LogP contribution in [0.5, 0.6) is 0 Å². The molecule has 0 unspecified atom stereocenters. The Morgan fingerprint density at radius 2 is 1.96 bits per heavy atom. The minimum absolute atomic E-state index is 0.183. The highest BCUT2D eigenvalue weighted by Crippen LogP contribution is 2.28. The topological polar surface area (TPSA) is 78.1 Å². The first-order chi connectivity index (χ1) is 12.3. The molecule has 0 aliphatic rings. The summed E-state index contributed by atoms with van der Waals surface area (Å²) in [5, 5.41) is 2.54. The van der Waals surface area contributed by atoms with E-state index >= 15 is 0 Å². The highest BCUT2D eigenvalue weighted by molar-refractivity contribution is 7.20. The third-order valence-electron chi connectivity index (χ3n) is 3.72. The lowest BCUT2D eigenvalue weighted by Crippen LogP contribution is -2.18. The molecule has 136 valence electrons. The number of rotatable bonds is 4. The maximum absolute atomic E-state index is 13.7. The third-order valence-corrected chi connectivity index (χ3v) is 4.91. The molecule has 26 heavy (non-hydrogen) atoms. The van der Waals surface area contributed by atoms with E-state index in [1.165, 1.54) is 6.07 Å². The van der Waals surface area contributed by atoms with Crippen molar-refractivity contribution in [2.24, 2.45) is 0 Å². The molecule has 0 saturated carbocycles. The van der Waals surface area contributed by atoms with Crippen LogP contribution in [0.1, 0.15) is 21.1 Å². The molecule has 0 radical (unpaired) electrons. The predicted molar refractivity (Wildman–Crippen MR) is 96.7 cm³/mol. The summed E-state index contributed by atoms with van der Waals surface area (Å²) in [7, 11) is 3.68. The lowest BCUT2D eigenvalue weighted by atomic mass is 10.2. The first-order valence-corrected chi connectivity index (χ1v) is 8.52. The van der Waals surface area contributed by atoms with Gasteiger partial charge in [0.05, 0.1) is 16.8 Å². The van der Waals surface area contributed by atoms with E-state index in [0.29, 0.717) is 28.1 Å². The summed E-state index contributed by atoms with van der Waals surface area (Å²) in [6.45, 7) is 2.04. The van der Waals surface area contributed by atoms with E-state index in [2.05, 4.69) is 15.3 Å². The molecule has 9 heteroatoms. The molecule has 0 spiro atoms. The van der Waals surface area contributed by atoms with Crippen LogP contribution in [-0.4, -0.2) is 34.9 Å². The van der Waals surface area contributed by atoms with Crippen LogP contribution in [0.4, 0.5) is 14.5 Å². The van der Waals surface area contributed by atoms with Gasteiger partial charge >= 0.3 is 0 Å². The standard InChI is InChI=1S/C17H16F2N4O2S/c1-8-12-15(24)20-11(7-23(2)3)21-17(12)26-14(8)16(25)22-13-9(18)5-4-6-10(13)19/h4-6H,7H2,1-3H3,(H,22,25)(H,20,21,24). The highest BCUT2D eigenvalue weighted by Gasteiger charge is 2.21. The molecule has 0 fully saturated rings. The lowest BCUT2D eigenvalue weighted by molar-refractivity contribution is 0.102. The monoisotopic (exact) mass is 378 g/mol. The van der Waals surface area contributed by atoms with E-state index in [4.69, 9.17) is 0 Å². The number of aryl methyl sites for hydroxylation is 1. The van der Waals surface area contributed by atoms with Crippen molar-refractivity contribution in [2.75, 3.05) is 19.4 Å². The van der Waals surface area contributed by atoms with Gasteiger partial charge in [-0.2, -0.15) is 0 Å². The van der Waals surface area contributed by atoms with Gasteiger partial charge in [-0.1, -0.05) is 6.07 Å². The molecule has 0 aliphatic heterocycles. The maximum atomic E-state index is 13.7. The molecule has 1 aromatic carbocycles. The van der Waals surface area contributed by atoms with Crippen molar-refractivity contribution in [1.82, 2.24) is 14.9 Å². The first-order valence-electron chi connectivity index (χ1n) is 7.70. The lowest BCUT2D eigenvalue weighted by Gasteiger charge is -2.07. The predicted octanol–water partition coefficient (Wildman–Crippen LogP) is 2.89. The summed E-state index contributed by atoms with van der Waals surface area (Å²) in [6.07, 6.45) is 0. The zero-order chi connectivity index (χ0) is 19.0. The van der Waals surface area contributed by atoms with Gasteiger partial charge in [0.25, 0.3) is 11.5 Å².